The van der Waals surface area contributed by atoms with Crippen LogP contribution in [0, 0.1) is 11.3 Å². The van der Waals surface area contributed by atoms with Gasteiger partial charge < -0.3 is 15.5 Å². The van der Waals surface area contributed by atoms with Crippen molar-refractivity contribution in [3.63, 3.8) is 0 Å². The Bertz CT molecular complexity index is 520. The van der Waals surface area contributed by atoms with Crippen LogP contribution in [0.3, 0.4) is 0 Å². The van der Waals surface area contributed by atoms with E-state index in [0.717, 1.165) is 57.4 Å². The molecule has 0 radical (unpaired) electrons. The van der Waals surface area contributed by atoms with E-state index in [1.165, 1.54) is 32.1 Å². The smallest absolute Gasteiger partial charge is 0.234 e. The fourth-order valence-electron chi connectivity index (χ4n) is 4.47. The van der Waals surface area contributed by atoms with Crippen molar-refractivity contribution in [3.8, 4) is 0 Å². The standard InChI is InChI=1S/C19H33N5O.HI/c1-20-18(21-14-19(7-2-8-19)15-3-4-15)24-11-9-23(10-12-24)13-17(25)22-16-5-6-16;/h15-16H,2-14H2,1H3,(H,20,21)(H,22,25);1H. The molecule has 1 heterocycles. The first kappa shape index (κ1) is 20.2. The zero-order chi connectivity index (χ0) is 17.3. The lowest BCUT2D eigenvalue weighted by Gasteiger charge is -2.44. The molecule has 0 aromatic carbocycles. The van der Waals surface area contributed by atoms with E-state index in [-0.39, 0.29) is 29.9 Å². The van der Waals surface area contributed by atoms with Crippen molar-refractivity contribution >= 4 is 35.8 Å². The Labute approximate surface area is 174 Å². The number of carbonyl (C=O) groups is 1. The molecule has 6 nitrogen and oxygen atoms in total. The van der Waals surface area contributed by atoms with E-state index in [4.69, 9.17) is 0 Å². The molecule has 1 saturated heterocycles. The number of nitrogens with zero attached hydrogens (tertiary/aromatic N) is 3. The molecule has 4 rings (SSSR count). The van der Waals surface area contributed by atoms with Gasteiger partial charge in [-0.25, -0.2) is 0 Å². The zero-order valence-corrected chi connectivity index (χ0v) is 18.3. The number of aliphatic imine (C=N–C) groups is 1. The van der Waals surface area contributed by atoms with E-state index in [2.05, 4.69) is 25.4 Å². The highest BCUT2D eigenvalue weighted by atomic mass is 127. The quantitative estimate of drug-likeness (QED) is 0.349. The molecule has 0 aromatic heterocycles. The SMILES string of the molecule is CN=C(NCC1(C2CC2)CCC1)N1CCN(CC(=O)NC2CC2)CC1.I. The summed E-state index contributed by atoms with van der Waals surface area (Å²) >= 11 is 0. The minimum Gasteiger partial charge on any atom is -0.356 e. The van der Waals surface area contributed by atoms with Crippen LogP contribution < -0.4 is 10.6 Å². The van der Waals surface area contributed by atoms with Crippen molar-refractivity contribution in [2.75, 3.05) is 46.3 Å². The Kier molecular flexibility index (Phi) is 6.69. The van der Waals surface area contributed by atoms with Crippen LogP contribution in [0.1, 0.15) is 44.9 Å². The lowest BCUT2D eigenvalue weighted by molar-refractivity contribution is -0.122. The molecule has 2 N–H and O–H groups in total. The summed E-state index contributed by atoms with van der Waals surface area (Å²) < 4.78 is 0. The maximum Gasteiger partial charge on any atom is 0.234 e. The predicted octanol–water partition coefficient (Wildman–Crippen LogP) is 1.66. The molecule has 0 spiro atoms. The molecular formula is C19H34IN5O. The number of rotatable bonds is 6. The average Bonchev–Trinajstić information content (AvgIpc) is 3.45. The van der Waals surface area contributed by atoms with Gasteiger partial charge in [-0.05, 0) is 49.9 Å². The predicted molar refractivity (Wildman–Crippen MR) is 115 cm³/mol. The third kappa shape index (κ3) is 4.82. The number of carbonyl (C=O) groups excluding carboxylic acids is 1. The first-order valence-corrected chi connectivity index (χ1v) is 10.2. The Morgan fingerprint density at radius 2 is 1.81 bits per heavy atom. The van der Waals surface area contributed by atoms with Crippen molar-refractivity contribution in [2.45, 2.75) is 51.0 Å². The van der Waals surface area contributed by atoms with E-state index in [0.29, 0.717) is 18.0 Å². The lowest BCUT2D eigenvalue weighted by atomic mass is 9.65. The molecule has 4 aliphatic rings. The maximum absolute atomic E-state index is 12.0. The number of halogens is 1. The summed E-state index contributed by atoms with van der Waals surface area (Å²) in [5.41, 5.74) is 0.568. The second-order valence-electron chi connectivity index (χ2n) is 8.50. The summed E-state index contributed by atoms with van der Waals surface area (Å²) in [6, 6.07) is 0.460. The van der Waals surface area contributed by atoms with Crippen molar-refractivity contribution in [1.29, 1.82) is 0 Å². The van der Waals surface area contributed by atoms with E-state index in [1.54, 1.807) is 0 Å². The van der Waals surface area contributed by atoms with Gasteiger partial charge >= 0.3 is 0 Å². The van der Waals surface area contributed by atoms with Crippen LogP contribution in [0.4, 0.5) is 0 Å². The van der Waals surface area contributed by atoms with Gasteiger partial charge in [-0.2, -0.15) is 0 Å². The van der Waals surface area contributed by atoms with E-state index in [1.807, 2.05) is 7.05 Å². The molecule has 0 aromatic rings. The molecule has 7 heteroatoms. The van der Waals surface area contributed by atoms with Crippen LogP contribution in [-0.2, 0) is 4.79 Å². The first-order chi connectivity index (χ1) is 12.2. The normalized spacial score (nSPS) is 25.9. The number of guanidine groups is 1. The van der Waals surface area contributed by atoms with E-state index >= 15 is 0 Å². The van der Waals surface area contributed by atoms with Gasteiger partial charge in [0.1, 0.15) is 0 Å². The molecule has 3 saturated carbocycles. The Balaban J connectivity index is 0.00000196. The molecule has 0 atom stereocenters. The molecule has 4 fully saturated rings. The van der Waals surface area contributed by atoms with Gasteiger partial charge in [-0.1, -0.05) is 6.42 Å². The minimum atomic E-state index is 0. The largest absolute Gasteiger partial charge is 0.356 e. The minimum absolute atomic E-state index is 0. The van der Waals surface area contributed by atoms with Gasteiger partial charge in [0.05, 0.1) is 6.54 Å². The van der Waals surface area contributed by atoms with Crippen molar-refractivity contribution < 1.29 is 4.79 Å². The third-order valence-electron chi connectivity index (χ3n) is 6.58. The molecule has 0 bridgehead atoms. The highest BCUT2D eigenvalue weighted by Gasteiger charge is 2.48. The molecule has 1 amide bonds. The number of hydrogen-bond acceptors (Lipinski definition) is 3. The van der Waals surface area contributed by atoms with Crippen molar-refractivity contribution in [3.05, 3.63) is 0 Å². The average molecular weight is 475 g/mol. The van der Waals surface area contributed by atoms with Crippen LogP contribution in [0.15, 0.2) is 4.99 Å². The number of nitrogens with one attached hydrogen (secondary N) is 2. The summed E-state index contributed by atoms with van der Waals surface area (Å²) in [5.74, 6) is 2.21. The van der Waals surface area contributed by atoms with Crippen LogP contribution in [0.5, 0.6) is 0 Å². The van der Waals surface area contributed by atoms with Crippen molar-refractivity contribution in [1.82, 2.24) is 20.4 Å². The highest BCUT2D eigenvalue weighted by Crippen LogP contribution is 2.56. The highest BCUT2D eigenvalue weighted by molar-refractivity contribution is 14.0. The Hall–Kier alpha value is -0.570. The maximum atomic E-state index is 12.0. The molecule has 1 aliphatic heterocycles. The van der Waals surface area contributed by atoms with Gasteiger partial charge in [0.15, 0.2) is 5.96 Å². The lowest BCUT2D eigenvalue weighted by Crippen LogP contribution is -2.55. The van der Waals surface area contributed by atoms with Gasteiger partial charge in [0.2, 0.25) is 5.91 Å². The number of piperazine rings is 1. The fourth-order valence-corrected chi connectivity index (χ4v) is 4.47. The van der Waals surface area contributed by atoms with Crippen LogP contribution in [-0.4, -0.2) is 74.0 Å². The topological polar surface area (TPSA) is 60.0 Å². The third-order valence-corrected chi connectivity index (χ3v) is 6.58. The Morgan fingerprint density at radius 3 is 2.31 bits per heavy atom. The van der Waals surface area contributed by atoms with Gasteiger partial charge in [-0.15, -0.1) is 24.0 Å². The van der Waals surface area contributed by atoms with E-state index < -0.39 is 0 Å². The summed E-state index contributed by atoms with van der Waals surface area (Å²) in [5, 5.41) is 6.75. The van der Waals surface area contributed by atoms with Crippen molar-refractivity contribution in [2.24, 2.45) is 16.3 Å². The first-order valence-electron chi connectivity index (χ1n) is 10.2. The number of amides is 1. The second kappa shape index (κ2) is 8.63. The molecule has 3 aliphatic carbocycles. The summed E-state index contributed by atoms with van der Waals surface area (Å²) in [6.07, 6.45) is 9.37. The molecule has 148 valence electrons. The zero-order valence-electron chi connectivity index (χ0n) is 16.0. The van der Waals surface area contributed by atoms with Crippen LogP contribution in [0.2, 0.25) is 0 Å². The van der Waals surface area contributed by atoms with Gasteiger partial charge in [-0.3, -0.25) is 14.7 Å². The van der Waals surface area contributed by atoms with Crippen LogP contribution >= 0.6 is 24.0 Å². The molecule has 0 unspecified atom stereocenters. The molecule has 26 heavy (non-hydrogen) atoms. The van der Waals surface area contributed by atoms with Gasteiger partial charge in [0.25, 0.3) is 0 Å². The second-order valence-corrected chi connectivity index (χ2v) is 8.50. The monoisotopic (exact) mass is 475 g/mol. The fraction of sp³-hybridized carbons (Fsp3) is 0.895. The van der Waals surface area contributed by atoms with Gasteiger partial charge in [0, 0.05) is 45.8 Å². The number of hydrogen-bond donors (Lipinski definition) is 2. The summed E-state index contributed by atoms with van der Waals surface area (Å²) in [7, 11) is 1.89. The Morgan fingerprint density at radius 1 is 1.12 bits per heavy atom. The molecular weight excluding hydrogens is 441 g/mol. The summed E-state index contributed by atoms with van der Waals surface area (Å²) in [4.78, 5) is 21.1. The summed E-state index contributed by atoms with van der Waals surface area (Å²) in [6.45, 7) is 5.41. The van der Waals surface area contributed by atoms with Crippen LogP contribution in [0.25, 0.3) is 0 Å². The van der Waals surface area contributed by atoms with E-state index in [9.17, 15) is 4.79 Å².